The zero-order valence-corrected chi connectivity index (χ0v) is 17.9. The van der Waals surface area contributed by atoms with E-state index < -0.39 is 10.0 Å². The summed E-state index contributed by atoms with van der Waals surface area (Å²) < 4.78 is 42.3. The van der Waals surface area contributed by atoms with Crippen LogP contribution < -0.4 is 5.73 Å². The van der Waals surface area contributed by atoms with Crippen LogP contribution in [-0.4, -0.2) is 42.9 Å². The van der Waals surface area contributed by atoms with Crippen molar-refractivity contribution in [3.8, 4) is 11.1 Å². The number of halogens is 2. The normalized spacial score (nSPS) is 12.9. The highest BCUT2D eigenvalue weighted by molar-refractivity contribution is 7.89. The zero-order valence-electron chi connectivity index (χ0n) is 16.4. The van der Waals surface area contributed by atoms with Gasteiger partial charge in [0.05, 0.1) is 17.1 Å². The predicted molar refractivity (Wildman–Crippen MR) is 114 cm³/mol. The van der Waals surface area contributed by atoms with Gasteiger partial charge in [-0.15, -0.1) is 0 Å². The number of nitrogens with zero attached hydrogens (tertiary/aromatic N) is 3. The highest BCUT2D eigenvalue weighted by Crippen LogP contribution is 2.39. The van der Waals surface area contributed by atoms with Crippen LogP contribution in [0.1, 0.15) is 5.69 Å². The molecule has 0 aliphatic carbocycles. The van der Waals surface area contributed by atoms with Crippen LogP contribution in [0.4, 0.5) is 4.39 Å². The van der Waals surface area contributed by atoms with Crippen LogP contribution >= 0.6 is 11.6 Å². The summed E-state index contributed by atoms with van der Waals surface area (Å²) in [7, 11) is -0.733. The number of hydrogen-bond donors (Lipinski definition) is 1. The number of benzene rings is 1. The fraction of sp³-hybridized carbons (Fsp3) is 0.250. The highest BCUT2D eigenvalue weighted by atomic mass is 35.5. The Morgan fingerprint density at radius 1 is 1.34 bits per heavy atom. The molecule has 2 aromatic heterocycles. The van der Waals surface area contributed by atoms with E-state index in [1.54, 1.807) is 29.0 Å². The van der Waals surface area contributed by atoms with Crippen molar-refractivity contribution in [1.82, 2.24) is 13.9 Å². The Morgan fingerprint density at radius 3 is 2.72 bits per heavy atom. The van der Waals surface area contributed by atoms with Crippen molar-refractivity contribution < 1.29 is 12.8 Å². The molecule has 6 nitrogen and oxygen atoms in total. The van der Waals surface area contributed by atoms with E-state index in [-0.39, 0.29) is 23.8 Å². The summed E-state index contributed by atoms with van der Waals surface area (Å²) in [5.74, 6) is -0.360. The molecular formula is C20H22ClFN4O2S. The number of fused-ring (bicyclic) bond motifs is 1. The van der Waals surface area contributed by atoms with E-state index in [9.17, 15) is 12.8 Å². The van der Waals surface area contributed by atoms with Crippen molar-refractivity contribution in [2.24, 2.45) is 5.73 Å². The third kappa shape index (κ3) is 3.93. The first-order valence-electron chi connectivity index (χ1n) is 8.88. The molecule has 0 saturated heterocycles. The van der Waals surface area contributed by atoms with Gasteiger partial charge in [0.25, 0.3) is 0 Å². The first kappa shape index (κ1) is 21.4. The van der Waals surface area contributed by atoms with Crippen molar-refractivity contribution in [1.29, 1.82) is 0 Å². The lowest BCUT2D eigenvalue weighted by atomic mass is 10.0. The van der Waals surface area contributed by atoms with E-state index in [0.29, 0.717) is 16.0 Å². The van der Waals surface area contributed by atoms with Gasteiger partial charge in [0.1, 0.15) is 10.7 Å². The number of pyridine rings is 1. The molecule has 0 saturated carbocycles. The molecule has 0 bridgehead atoms. The zero-order chi connectivity index (χ0) is 21.3. The Balaban J connectivity index is 2.29. The molecule has 1 aromatic carbocycles. The van der Waals surface area contributed by atoms with Gasteiger partial charge in [-0.2, -0.15) is 0 Å². The van der Waals surface area contributed by atoms with Crippen LogP contribution in [0.15, 0.2) is 53.5 Å². The highest BCUT2D eigenvalue weighted by Gasteiger charge is 2.22. The quantitative estimate of drug-likeness (QED) is 0.638. The molecule has 3 rings (SSSR count). The van der Waals surface area contributed by atoms with Crippen molar-refractivity contribution in [2.75, 3.05) is 20.6 Å². The summed E-state index contributed by atoms with van der Waals surface area (Å²) in [6.45, 7) is 1.95. The van der Waals surface area contributed by atoms with E-state index >= 15 is 0 Å². The van der Waals surface area contributed by atoms with E-state index in [2.05, 4.69) is 4.98 Å². The number of sulfonamides is 1. The Morgan fingerprint density at radius 2 is 2.07 bits per heavy atom. The van der Waals surface area contributed by atoms with Crippen LogP contribution in [0.5, 0.6) is 0 Å². The lowest BCUT2D eigenvalue weighted by Crippen LogP contribution is -2.22. The van der Waals surface area contributed by atoms with Crippen molar-refractivity contribution >= 4 is 32.5 Å². The van der Waals surface area contributed by atoms with Gasteiger partial charge in [-0.05, 0) is 31.2 Å². The average molecular weight is 437 g/mol. The van der Waals surface area contributed by atoms with Gasteiger partial charge >= 0.3 is 0 Å². The second-order valence-corrected chi connectivity index (χ2v) is 9.32. The standard InChI is InChI=1S/C20H22ClFN4O2S/c1-13-19(14-9-16(11-24-10-14)29(27,28)25(2)3)20-17(21)5-4-6-18(20)26(13)12-15(22)7-8-23/h4-7,9-11H,8,12,23H2,1-3H3. The molecule has 0 fully saturated rings. The molecule has 0 aliphatic heterocycles. The summed E-state index contributed by atoms with van der Waals surface area (Å²) in [6, 6.07) is 6.95. The van der Waals surface area contributed by atoms with Crippen LogP contribution in [0.2, 0.25) is 5.02 Å². The van der Waals surface area contributed by atoms with Gasteiger partial charge in [-0.1, -0.05) is 17.7 Å². The monoisotopic (exact) mass is 436 g/mol. The maximum Gasteiger partial charge on any atom is 0.244 e. The minimum absolute atomic E-state index is 0.00297. The third-order valence-corrected chi connectivity index (χ3v) is 6.82. The molecule has 3 aromatic rings. The van der Waals surface area contributed by atoms with E-state index in [1.807, 2.05) is 13.0 Å². The molecule has 0 radical (unpaired) electrons. The Bertz CT molecular complexity index is 1200. The Hall–Kier alpha value is -2.26. The van der Waals surface area contributed by atoms with Gasteiger partial charge < -0.3 is 10.3 Å². The average Bonchev–Trinajstić information content (AvgIpc) is 2.95. The maximum atomic E-state index is 14.2. The van der Waals surface area contributed by atoms with Crippen LogP contribution in [0.25, 0.3) is 22.0 Å². The van der Waals surface area contributed by atoms with Gasteiger partial charge in [0.15, 0.2) is 0 Å². The van der Waals surface area contributed by atoms with Gasteiger partial charge in [0.2, 0.25) is 10.0 Å². The topological polar surface area (TPSA) is 81.2 Å². The van der Waals surface area contributed by atoms with Crippen molar-refractivity contribution in [2.45, 2.75) is 18.4 Å². The largest absolute Gasteiger partial charge is 0.337 e. The molecule has 0 unspecified atom stereocenters. The number of allylic oxidation sites excluding steroid dienone is 1. The molecule has 29 heavy (non-hydrogen) atoms. The van der Waals surface area contributed by atoms with E-state index in [4.69, 9.17) is 17.3 Å². The SMILES string of the molecule is Cc1c(-c2cncc(S(=O)(=O)N(C)C)c2)c2c(Cl)cccc2n1CC(F)=CCN. The summed E-state index contributed by atoms with van der Waals surface area (Å²) >= 11 is 6.49. The minimum atomic E-state index is -3.66. The third-order valence-electron chi connectivity index (χ3n) is 4.73. The molecule has 154 valence electrons. The predicted octanol–water partition coefficient (Wildman–Crippen LogP) is 3.73. The van der Waals surface area contributed by atoms with Crippen molar-refractivity contribution in [3.63, 3.8) is 0 Å². The fourth-order valence-electron chi connectivity index (χ4n) is 3.29. The second kappa shape index (κ2) is 8.23. The number of nitrogens with two attached hydrogens (primary N) is 1. The van der Waals surface area contributed by atoms with Crippen LogP contribution in [0, 0.1) is 6.92 Å². The summed E-state index contributed by atoms with van der Waals surface area (Å²) in [6.07, 6.45) is 4.20. The summed E-state index contributed by atoms with van der Waals surface area (Å²) in [4.78, 5) is 4.20. The minimum Gasteiger partial charge on any atom is -0.337 e. The molecule has 0 spiro atoms. The Labute approximate surface area is 174 Å². The molecule has 2 N–H and O–H groups in total. The van der Waals surface area contributed by atoms with Crippen molar-refractivity contribution in [3.05, 3.63) is 59.3 Å². The van der Waals surface area contributed by atoms with Crippen LogP contribution in [-0.2, 0) is 16.6 Å². The number of hydrogen-bond acceptors (Lipinski definition) is 4. The van der Waals surface area contributed by atoms with Crippen LogP contribution in [0.3, 0.4) is 0 Å². The maximum absolute atomic E-state index is 14.2. The molecule has 0 aliphatic rings. The molecule has 0 atom stereocenters. The molecular weight excluding hydrogens is 415 g/mol. The second-order valence-electron chi connectivity index (χ2n) is 6.76. The lowest BCUT2D eigenvalue weighted by molar-refractivity contribution is 0.520. The van der Waals surface area contributed by atoms with Gasteiger partial charge in [-0.25, -0.2) is 17.1 Å². The van der Waals surface area contributed by atoms with Gasteiger partial charge in [-0.3, -0.25) is 4.98 Å². The lowest BCUT2D eigenvalue weighted by Gasteiger charge is -2.12. The van der Waals surface area contributed by atoms with E-state index in [1.165, 1.54) is 26.4 Å². The fourth-order valence-corrected chi connectivity index (χ4v) is 4.45. The molecule has 2 heterocycles. The Kier molecular flexibility index (Phi) is 6.09. The summed E-state index contributed by atoms with van der Waals surface area (Å²) in [5, 5.41) is 1.21. The van der Waals surface area contributed by atoms with E-state index in [0.717, 1.165) is 21.1 Å². The first-order chi connectivity index (χ1) is 13.7. The summed E-state index contributed by atoms with van der Waals surface area (Å²) in [5.41, 5.74) is 8.21. The number of rotatable bonds is 6. The smallest absolute Gasteiger partial charge is 0.244 e. The van der Waals surface area contributed by atoms with Gasteiger partial charge in [0, 0.05) is 55.2 Å². The molecule has 9 heteroatoms. The number of aromatic nitrogens is 2. The first-order valence-corrected chi connectivity index (χ1v) is 10.7. The molecule has 0 amide bonds.